The Kier molecular flexibility index (Phi) is 4.71. The summed E-state index contributed by atoms with van der Waals surface area (Å²) in [6, 6.07) is 11.1. The molecule has 1 amide bonds. The number of nitrogens with one attached hydrogen (secondary N) is 1. The molecule has 0 spiro atoms. The minimum Gasteiger partial charge on any atom is -0.481 e. The Morgan fingerprint density at radius 3 is 2.62 bits per heavy atom. The maximum atomic E-state index is 12.5. The molecule has 24 heavy (non-hydrogen) atoms. The van der Waals surface area contributed by atoms with Gasteiger partial charge in [-0.1, -0.05) is 37.3 Å². The molecule has 0 saturated carbocycles. The topological polar surface area (TPSA) is 66.4 Å². The normalized spacial score (nSPS) is 15.5. The van der Waals surface area contributed by atoms with Crippen LogP contribution in [0.4, 0.5) is 0 Å². The number of carboxylic acids is 1. The highest BCUT2D eigenvalue weighted by Gasteiger charge is 2.39. The lowest BCUT2D eigenvalue weighted by atomic mass is 9.78. The van der Waals surface area contributed by atoms with Crippen molar-refractivity contribution in [2.45, 2.75) is 38.0 Å². The molecule has 0 bridgehead atoms. The van der Waals surface area contributed by atoms with E-state index in [-0.39, 0.29) is 12.5 Å². The fraction of sp³-hybridized carbons (Fsp3) is 0.368. The number of benzene rings is 1. The van der Waals surface area contributed by atoms with Gasteiger partial charge in [0.1, 0.15) is 5.41 Å². The van der Waals surface area contributed by atoms with E-state index in [4.69, 9.17) is 0 Å². The predicted octanol–water partition coefficient (Wildman–Crippen LogP) is 3.40. The zero-order valence-corrected chi connectivity index (χ0v) is 14.5. The molecule has 5 heteroatoms. The standard InChI is InChI=1S/C19H21NO3S/c1-2-19(18(22)23,14-8-4-3-5-9-14)12-20-17(21)16-11-13-7-6-10-15(13)24-16/h3-5,8-9,11H,2,6-7,10,12H2,1H3,(H,20,21)(H,22,23). The Hall–Kier alpha value is -2.14. The van der Waals surface area contributed by atoms with E-state index in [1.54, 1.807) is 0 Å². The van der Waals surface area contributed by atoms with Gasteiger partial charge < -0.3 is 10.4 Å². The zero-order chi connectivity index (χ0) is 17.2. The highest BCUT2D eigenvalue weighted by Crippen LogP contribution is 2.31. The van der Waals surface area contributed by atoms with Crippen LogP contribution in [0.3, 0.4) is 0 Å². The van der Waals surface area contributed by atoms with Gasteiger partial charge in [0.2, 0.25) is 0 Å². The predicted molar refractivity (Wildman–Crippen MR) is 94.7 cm³/mol. The first-order chi connectivity index (χ1) is 11.6. The van der Waals surface area contributed by atoms with Crippen molar-refractivity contribution in [3.8, 4) is 0 Å². The van der Waals surface area contributed by atoms with Crippen LogP contribution in [0.15, 0.2) is 36.4 Å². The first-order valence-electron chi connectivity index (χ1n) is 8.25. The Morgan fingerprint density at radius 2 is 2.00 bits per heavy atom. The van der Waals surface area contributed by atoms with Crippen molar-refractivity contribution in [2.24, 2.45) is 0 Å². The second-order valence-electron chi connectivity index (χ2n) is 6.20. The summed E-state index contributed by atoms with van der Waals surface area (Å²) in [4.78, 5) is 26.4. The summed E-state index contributed by atoms with van der Waals surface area (Å²) < 4.78 is 0. The van der Waals surface area contributed by atoms with Crippen LogP contribution in [0.25, 0.3) is 0 Å². The summed E-state index contributed by atoms with van der Waals surface area (Å²) in [7, 11) is 0. The molecule has 0 radical (unpaired) electrons. The molecule has 1 unspecified atom stereocenters. The van der Waals surface area contributed by atoms with Gasteiger partial charge in [0.15, 0.2) is 0 Å². The van der Waals surface area contributed by atoms with Crippen LogP contribution in [0, 0.1) is 0 Å². The van der Waals surface area contributed by atoms with E-state index in [9.17, 15) is 14.7 Å². The van der Waals surface area contributed by atoms with Gasteiger partial charge >= 0.3 is 5.97 Å². The number of carbonyl (C=O) groups is 2. The van der Waals surface area contributed by atoms with Crippen molar-refractivity contribution in [2.75, 3.05) is 6.54 Å². The molecule has 0 aliphatic heterocycles. The monoisotopic (exact) mass is 343 g/mol. The molecule has 1 heterocycles. The average Bonchev–Trinajstić information content (AvgIpc) is 3.18. The number of aliphatic carboxylic acids is 1. The number of carbonyl (C=O) groups excluding carboxylic acids is 1. The third kappa shape index (κ3) is 2.96. The van der Waals surface area contributed by atoms with Crippen LogP contribution in [-0.2, 0) is 23.1 Å². The van der Waals surface area contributed by atoms with Crippen LogP contribution in [0.1, 0.15) is 45.4 Å². The van der Waals surface area contributed by atoms with Crippen molar-refractivity contribution in [1.29, 1.82) is 0 Å². The second-order valence-corrected chi connectivity index (χ2v) is 7.34. The number of hydrogen-bond donors (Lipinski definition) is 2. The number of hydrogen-bond acceptors (Lipinski definition) is 3. The van der Waals surface area contributed by atoms with E-state index < -0.39 is 11.4 Å². The summed E-state index contributed by atoms with van der Waals surface area (Å²) >= 11 is 1.53. The number of thiophene rings is 1. The Labute approximate surface area is 145 Å². The third-order valence-electron chi connectivity index (χ3n) is 4.86. The molecule has 0 fully saturated rings. The molecule has 2 N–H and O–H groups in total. The summed E-state index contributed by atoms with van der Waals surface area (Å²) in [6.45, 7) is 1.93. The Morgan fingerprint density at radius 1 is 1.25 bits per heavy atom. The smallest absolute Gasteiger partial charge is 0.315 e. The summed E-state index contributed by atoms with van der Waals surface area (Å²) in [5, 5.41) is 12.7. The van der Waals surface area contributed by atoms with Gasteiger partial charge in [-0.15, -0.1) is 11.3 Å². The molecule has 1 aliphatic carbocycles. The van der Waals surface area contributed by atoms with E-state index in [1.165, 1.54) is 21.8 Å². The molecule has 1 aromatic carbocycles. The van der Waals surface area contributed by atoms with Crippen molar-refractivity contribution in [1.82, 2.24) is 5.32 Å². The van der Waals surface area contributed by atoms with Gasteiger partial charge in [0.05, 0.1) is 4.88 Å². The SMILES string of the molecule is CCC(CNC(=O)c1cc2c(s1)CCC2)(C(=O)O)c1ccccc1. The molecule has 3 rings (SSSR count). The minimum atomic E-state index is -1.10. The molecular formula is C19H21NO3S. The van der Waals surface area contributed by atoms with E-state index >= 15 is 0 Å². The van der Waals surface area contributed by atoms with E-state index in [0.717, 1.165) is 19.3 Å². The van der Waals surface area contributed by atoms with Gasteiger partial charge in [-0.05, 0) is 42.9 Å². The van der Waals surface area contributed by atoms with Crippen LogP contribution >= 0.6 is 11.3 Å². The van der Waals surface area contributed by atoms with Crippen molar-refractivity contribution in [3.05, 3.63) is 57.3 Å². The average molecular weight is 343 g/mol. The van der Waals surface area contributed by atoms with Gasteiger partial charge in [-0.25, -0.2) is 0 Å². The number of carboxylic acid groups (broad SMARTS) is 1. The summed E-state index contributed by atoms with van der Waals surface area (Å²) in [6.07, 6.45) is 3.66. The summed E-state index contributed by atoms with van der Waals surface area (Å²) in [5.41, 5.74) is 0.888. The lowest BCUT2D eigenvalue weighted by molar-refractivity contribution is -0.143. The lowest BCUT2D eigenvalue weighted by Gasteiger charge is -2.29. The van der Waals surface area contributed by atoms with Crippen molar-refractivity contribution >= 4 is 23.2 Å². The van der Waals surface area contributed by atoms with Gasteiger partial charge in [-0.2, -0.15) is 0 Å². The third-order valence-corrected chi connectivity index (χ3v) is 6.10. The Balaban J connectivity index is 1.78. The molecule has 4 nitrogen and oxygen atoms in total. The fourth-order valence-electron chi connectivity index (χ4n) is 3.30. The van der Waals surface area contributed by atoms with Gasteiger partial charge in [0, 0.05) is 11.4 Å². The van der Waals surface area contributed by atoms with Gasteiger partial charge in [0.25, 0.3) is 5.91 Å². The highest BCUT2D eigenvalue weighted by molar-refractivity contribution is 7.14. The first-order valence-corrected chi connectivity index (χ1v) is 9.07. The first kappa shape index (κ1) is 16.7. The minimum absolute atomic E-state index is 0.0875. The van der Waals surface area contributed by atoms with E-state index in [0.29, 0.717) is 16.9 Å². The van der Waals surface area contributed by atoms with Crippen molar-refractivity contribution in [3.63, 3.8) is 0 Å². The molecule has 1 atom stereocenters. The number of amides is 1. The quantitative estimate of drug-likeness (QED) is 0.845. The molecule has 1 aromatic heterocycles. The Bertz CT molecular complexity index is 732. The maximum Gasteiger partial charge on any atom is 0.315 e. The van der Waals surface area contributed by atoms with Gasteiger partial charge in [-0.3, -0.25) is 9.59 Å². The lowest BCUT2D eigenvalue weighted by Crippen LogP contribution is -2.46. The largest absolute Gasteiger partial charge is 0.481 e. The van der Waals surface area contributed by atoms with Crippen molar-refractivity contribution < 1.29 is 14.7 Å². The van der Waals surface area contributed by atoms with Crippen LogP contribution in [0.2, 0.25) is 0 Å². The van der Waals surface area contributed by atoms with E-state index in [1.807, 2.05) is 43.3 Å². The highest BCUT2D eigenvalue weighted by atomic mass is 32.1. The number of aryl methyl sites for hydroxylation is 2. The molecule has 1 aliphatic rings. The second kappa shape index (κ2) is 6.77. The molecule has 0 saturated heterocycles. The number of rotatable bonds is 6. The zero-order valence-electron chi connectivity index (χ0n) is 13.7. The van der Waals surface area contributed by atoms with Crippen LogP contribution < -0.4 is 5.32 Å². The van der Waals surface area contributed by atoms with Crippen LogP contribution in [0.5, 0.6) is 0 Å². The molecular weight excluding hydrogens is 322 g/mol. The van der Waals surface area contributed by atoms with E-state index in [2.05, 4.69) is 5.32 Å². The maximum absolute atomic E-state index is 12.5. The molecule has 2 aromatic rings. The fourth-order valence-corrected chi connectivity index (χ4v) is 4.47. The number of fused-ring (bicyclic) bond motifs is 1. The van der Waals surface area contributed by atoms with Crippen LogP contribution in [-0.4, -0.2) is 23.5 Å². The summed E-state index contributed by atoms with van der Waals surface area (Å²) in [5.74, 6) is -1.09. The molecule has 126 valence electrons.